The van der Waals surface area contributed by atoms with Crippen LogP contribution in [0.15, 0.2) is 78.4 Å². The summed E-state index contributed by atoms with van der Waals surface area (Å²) < 4.78 is 5.23. The van der Waals surface area contributed by atoms with Gasteiger partial charge >= 0.3 is 0 Å². The van der Waals surface area contributed by atoms with Crippen LogP contribution in [0.1, 0.15) is 78.7 Å². The third-order valence-electron chi connectivity index (χ3n) is 9.28. The van der Waals surface area contributed by atoms with E-state index in [2.05, 4.69) is 104 Å². The van der Waals surface area contributed by atoms with E-state index in [4.69, 9.17) is 4.74 Å². The molecule has 2 aliphatic carbocycles. The zero-order chi connectivity index (χ0) is 29.5. The number of likely N-dealkylation sites (N-methyl/N-ethyl adjacent to an activating group) is 1. The molecule has 1 heterocycles. The Hall–Kier alpha value is -3.18. The van der Waals surface area contributed by atoms with Gasteiger partial charge in [0.25, 0.3) is 0 Å². The molecule has 222 valence electrons. The third-order valence-corrected chi connectivity index (χ3v) is 9.28. The maximum absolute atomic E-state index is 11.1. The monoisotopic (exact) mass is 564 g/mol. The van der Waals surface area contributed by atoms with Gasteiger partial charge in [0.1, 0.15) is 5.75 Å². The van der Waals surface area contributed by atoms with E-state index < -0.39 is 5.60 Å². The molecule has 0 amide bonds. The molecule has 4 nitrogen and oxygen atoms in total. The smallest absolute Gasteiger partial charge is 0.118 e. The molecule has 1 N–H and O–H groups in total. The number of rotatable bonds is 5. The van der Waals surface area contributed by atoms with E-state index in [1.165, 1.54) is 52.7 Å². The minimum absolute atomic E-state index is 0.170. The summed E-state index contributed by atoms with van der Waals surface area (Å²) in [5.41, 5.74) is 9.19. The fourth-order valence-electron chi connectivity index (χ4n) is 6.88. The summed E-state index contributed by atoms with van der Waals surface area (Å²) in [5.74, 6) is 1.04. The van der Waals surface area contributed by atoms with Crippen molar-refractivity contribution in [1.29, 1.82) is 0 Å². The van der Waals surface area contributed by atoms with Crippen molar-refractivity contribution >= 4 is 17.7 Å². The molecule has 1 aliphatic heterocycles. The van der Waals surface area contributed by atoms with E-state index >= 15 is 0 Å². The second-order valence-corrected chi connectivity index (χ2v) is 12.5. The quantitative estimate of drug-likeness (QED) is 0.269. The zero-order valence-electron chi connectivity index (χ0n) is 26.0. The highest BCUT2D eigenvalue weighted by molar-refractivity contribution is 5.94. The predicted octanol–water partition coefficient (Wildman–Crippen LogP) is 7.73. The first-order chi connectivity index (χ1) is 20.4. The van der Waals surface area contributed by atoms with Crippen LogP contribution in [0.4, 0.5) is 0 Å². The van der Waals surface area contributed by atoms with Gasteiger partial charge in [0.05, 0.1) is 12.7 Å². The fraction of sp³-hybridized carbons (Fsp3) is 0.421. The predicted molar refractivity (Wildman–Crippen MR) is 177 cm³/mol. The van der Waals surface area contributed by atoms with Crippen molar-refractivity contribution in [2.45, 2.75) is 56.5 Å². The van der Waals surface area contributed by atoms with Gasteiger partial charge in [0.2, 0.25) is 0 Å². The minimum Gasteiger partial charge on any atom is -0.497 e. The first kappa shape index (κ1) is 30.3. The molecule has 1 saturated carbocycles. The Morgan fingerprint density at radius 3 is 1.88 bits per heavy atom. The van der Waals surface area contributed by atoms with Crippen LogP contribution >= 0.6 is 0 Å². The summed E-state index contributed by atoms with van der Waals surface area (Å²) in [6.07, 6.45) is 12.2. The van der Waals surface area contributed by atoms with E-state index in [0.29, 0.717) is 0 Å². The molecule has 3 aliphatic rings. The largest absolute Gasteiger partial charge is 0.497 e. The molecule has 3 aromatic carbocycles. The summed E-state index contributed by atoms with van der Waals surface area (Å²) in [5, 5.41) is 11.1. The van der Waals surface area contributed by atoms with Gasteiger partial charge in [-0.1, -0.05) is 97.7 Å². The number of hydrogen-bond donors (Lipinski definition) is 1. The maximum atomic E-state index is 11.1. The fourth-order valence-corrected chi connectivity index (χ4v) is 6.88. The molecule has 1 unspecified atom stereocenters. The standard InChI is InChI=1S/C21H21N.C17H27NO2/c1-22-14-12-18(13-15-22)21-19-8-4-2-6-16(19)10-11-17-7-3-5-9-20(17)21;1-18(2)13-16(17(19)11-5-4-6-12-17)14-7-9-15(20-3)10-8-14/h2-11H,12-15H2,1H3;7-10,16,19H,4-6,11-13H2,1-3H3. The van der Waals surface area contributed by atoms with Crippen LogP contribution in [0.3, 0.4) is 0 Å². The number of aliphatic hydroxyl groups is 1. The molecule has 3 aromatic rings. The van der Waals surface area contributed by atoms with Crippen LogP contribution in [0, 0.1) is 0 Å². The number of nitrogens with zero attached hydrogens (tertiary/aromatic N) is 2. The number of ether oxygens (including phenoxy) is 1. The second-order valence-electron chi connectivity index (χ2n) is 12.5. The number of piperidine rings is 1. The van der Waals surface area contributed by atoms with Crippen LogP contribution < -0.4 is 4.74 Å². The lowest BCUT2D eigenvalue weighted by atomic mass is 9.72. The van der Waals surface area contributed by atoms with E-state index in [1.807, 2.05) is 12.1 Å². The molecule has 0 radical (unpaired) electrons. The number of benzene rings is 3. The molecule has 1 atom stereocenters. The van der Waals surface area contributed by atoms with Crippen molar-refractivity contribution in [3.63, 3.8) is 0 Å². The van der Waals surface area contributed by atoms with Crippen LogP contribution in [0.5, 0.6) is 5.75 Å². The van der Waals surface area contributed by atoms with Crippen molar-refractivity contribution < 1.29 is 9.84 Å². The van der Waals surface area contributed by atoms with Gasteiger partial charge in [-0.05, 0) is 92.3 Å². The van der Waals surface area contributed by atoms with Crippen LogP contribution in [0.25, 0.3) is 17.7 Å². The summed E-state index contributed by atoms with van der Waals surface area (Å²) in [4.78, 5) is 4.60. The Labute approximate surface area is 253 Å². The number of hydrogen-bond acceptors (Lipinski definition) is 4. The van der Waals surface area contributed by atoms with Crippen molar-refractivity contribution in [1.82, 2.24) is 9.80 Å². The topological polar surface area (TPSA) is 35.9 Å². The van der Waals surface area contributed by atoms with Crippen molar-refractivity contribution in [3.05, 3.63) is 106 Å². The highest BCUT2D eigenvalue weighted by atomic mass is 16.5. The van der Waals surface area contributed by atoms with Crippen LogP contribution in [-0.2, 0) is 0 Å². The average Bonchev–Trinajstić information content (AvgIpc) is 3.18. The third kappa shape index (κ3) is 7.06. The SMILES string of the molecule is CN1CCC(=C2c3ccccc3C=Cc3ccccc32)CC1.COc1ccc(C(CN(C)C)C2(O)CCCCC2)cc1. The molecule has 1 saturated heterocycles. The maximum Gasteiger partial charge on any atom is 0.118 e. The van der Waals surface area contributed by atoms with Crippen LogP contribution in [0.2, 0.25) is 0 Å². The molecule has 0 spiro atoms. The first-order valence-electron chi connectivity index (χ1n) is 15.7. The van der Waals surface area contributed by atoms with E-state index in [0.717, 1.165) is 51.1 Å². The molecule has 6 rings (SSSR count). The molecule has 42 heavy (non-hydrogen) atoms. The zero-order valence-corrected chi connectivity index (χ0v) is 26.0. The van der Waals surface area contributed by atoms with Crippen molar-refractivity contribution in [2.75, 3.05) is 47.9 Å². The summed E-state index contributed by atoms with van der Waals surface area (Å²) >= 11 is 0. The van der Waals surface area contributed by atoms with Gasteiger partial charge < -0.3 is 19.6 Å². The molecule has 0 bridgehead atoms. The minimum atomic E-state index is -0.558. The van der Waals surface area contributed by atoms with Gasteiger partial charge in [-0.3, -0.25) is 0 Å². The second kappa shape index (κ2) is 13.9. The lowest BCUT2D eigenvalue weighted by molar-refractivity contribution is -0.0277. The molecule has 4 heteroatoms. The Bertz CT molecular complexity index is 1320. The summed E-state index contributed by atoms with van der Waals surface area (Å²) in [6.45, 7) is 3.20. The molecular weight excluding hydrogens is 516 g/mol. The molecule has 0 aromatic heterocycles. The number of methoxy groups -OCH3 is 1. The van der Waals surface area contributed by atoms with E-state index in [-0.39, 0.29) is 5.92 Å². The lowest BCUT2D eigenvalue weighted by Crippen LogP contribution is -2.42. The van der Waals surface area contributed by atoms with Crippen molar-refractivity contribution in [2.24, 2.45) is 0 Å². The number of likely N-dealkylation sites (tertiary alicyclic amines) is 1. The van der Waals surface area contributed by atoms with Crippen molar-refractivity contribution in [3.8, 4) is 5.75 Å². The van der Waals surface area contributed by atoms with Gasteiger partial charge in [-0.25, -0.2) is 0 Å². The van der Waals surface area contributed by atoms with Gasteiger partial charge in [0.15, 0.2) is 0 Å². The lowest BCUT2D eigenvalue weighted by Gasteiger charge is -2.40. The van der Waals surface area contributed by atoms with E-state index in [1.54, 1.807) is 12.7 Å². The summed E-state index contributed by atoms with van der Waals surface area (Å²) in [7, 11) is 8.05. The van der Waals surface area contributed by atoms with Gasteiger partial charge in [-0.2, -0.15) is 0 Å². The highest BCUT2D eigenvalue weighted by Crippen LogP contribution is 2.41. The first-order valence-corrected chi connectivity index (χ1v) is 15.7. The van der Waals surface area contributed by atoms with E-state index in [9.17, 15) is 5.11 Å². The average molecular weight is 565 g/mol. The van der Waals surface area contributed by atoms with Gasteiger partial charge in [0, 0.05) is 25.6 Å². The normalized spacial score (nSPS) is 18.8. The Morgan fingerprint density at radius 2 is 1.36 bits per heavy atom. The Morgan fingerprint density at radius 1 is 0.810 bits per heavy atom. The Kier molecular flexibility index (Phi) is 9.99. The van der Waals surface area contributed by atoms with Gasteiger partial charge in [-0.15, -0.1) is 0 Å². The molecular formula is C38H48N2O2. The highest BCUT2D eigenvalue weighted by Gasteiger charge is 2.38. The number of fused-ring (bicyclic) bond motifs is 2. The molecule has 2 fully saturated rings. The summed E-state index contributed by atoms with van der Waals surface area (Å²) in [6, 6.07) is 25.8. The Balaban J connectivity index is 0.000000169. The van der Waals surface area contributed by atoms with Crippen LogP contribution in [-0.4, -0.2) is 68.4 Å².